The summed E-state index contributed by atoms with van der Waals surface area (Å²) in [5, 5.41) is 19.8. The number of carboxylic acid groups (broad SMARTS) is 1. The van der Waals surface area contributed by atoms with Crippen LogP contribution in [-0.4, -0.2) is 36.0 Å². The number of carbonyl (C=O) groups is 2. The summed E-state index contributed by atoms with van der Waals surface area (Å²) in [6.45, 7) is 0. The van der Waals surface area contributed by atoms with Gasteiger partial charge in [-0.05, 0) is 61.4 Å². The highest BCUT2D eigenvalue weighted by Gasteiger charge is 2.32. The Morgan fingerprint density at radius 2 is 1.76 bits per heavy atom. The fourth-order valence-corrected chi connectivity index (χ4v) is 5.75. The Labute approximate surface area is 217 Å². The van der Waals surface area contributed by atoms with E-state index in [0.717, 1.165) is 11.4 Å². The highest BCUT2D eigenvalue weighted by molar-refractivity contribution is 7.92. The summed E-state index contributed by atoms with van der Waals surface area (Å²) in [6.07, 6.45) is 2.36. The first-order valence-electron chi connectivity index (χ1n) is 11.3. The molecule has 4 aromatic rings. The van der Waals surface area contributed by atoms with Crippen LogP contribution in [0.25, 0.3) is 5.69 Å². The molecule has 0 radical (unpaired) electrons. The number of nitrogens with one attached hydrogen (secondary N) is 2. The molecule has 37 heavy (non-hydrogen) atoms. The number of para-hydroxylation sites is 1. The van der Waals surface area contributed by atoms with E-state index in [4.69, 9.17) is 11.6 Å². The quantitative estimate of drug-likeness (QED) is 0.371. The minimum atomic E-state index is -4.31. The lowest BCUT2D eigenvalue weighted by molar-refractivity contribution is -0.255. The first kappa shape index (κ1) is 24.5. The van der Waals surface area contributed by atoms with Gasteiger partial charge in [0.25, 0.3) is 10.0 Å². The standard InChI is InChI=1S/C26H21ClN4O5S/c27-16-9-11-17(12-10-16)30-37(35,36)23-8-4-7-20(24(23)26(33)34)29-21-13-14-22-19(25(21)32)15-28-31(22)18-5-2-1-3-6-18/h1-12,15,21,29-30H,13-14H2,(H,33,34)/p-1. The molecule has 0 saturated heterocycles. The first-order chi connectivity index (χ1) is 17.7. The summed E-state index contributed by atoms with van der Waals surface area (Å²) in [4.78, 5) is 24.9. The van der Waals surface area contributed by atoms with Crippen molar-refractivity contribution in [1.29, 1.82) is 0 Å². The molecule has 0 aliphatic heterocycles. The Morgan fingerprint density at radius 3 is 2.46 bits per heavy atom. The summed E-state index contributed by atoms with van der Waals surface area (Å²) in [5.74, 6) is -1.96. The summed E-state index contributed by atoms with van der Waals surface area (Å²) in [6, 6.07) is 18.5. The van der Waals surface area contributed by atoms with E-state index < -0.39 is 32.5 Å². The molecule has 1 heterocycles. The van der Waals surface area contributed by atoms with Crippen LogP contribution in [0.5, 0.6) is 0 Å². The number of nitrogens with zero attached hydrogens (tertiary/aromatic N) is 2. The van der Waals surface area contributed by atoms with E-state index in [1.54, 1.807) is 4.68 Å². The Kier molecular flexibility index (Phi) is 6.45. The third-order valence-corrected chi connectivity index (χ3v) is 7.74. The summed E-state index contributed by atoms with van der Waals surface area (Å²) in [5.41, 5.74) is 1.62. The molecule has 5 rings (SSSR count). The van der Waals surface area contributed by atoms with Crippen LogP contribution in [-0.2, 0) is 16.4 Å². The van der Waals surface area contributed by atoms with E-state index in [2.05, 4.69) is 15.1 Å². The number of anilines is 2. The van der Waals surface area contributed by atoms with Gasteiger partial charge >= 0.3 is 0 Å². The van der Waals surface area contributed by atoms with Gasteiger partial charge in [0.2, 0.25) is 0 Å². The minimum Gasteiger partial charge on any atom is -0.545 e. The van der Waals surface area contributed by atoms with Gasteiger partial charge in [-0.25, -0.2) is 13.1 Å². The van der Waals surface area contributed by atoms with Crippen molar-refractivity contribution >= 4 is 44.8 Å². The Bertz CT molecular complexity index is 1600. The molecule has 1 aliphatic carbocycles. The van der Waals surface area contributed by atoms with E-state index >= 15 is 0 Å². The molecular formula is C26H20ClN4O5S-. The second-order valence-corrected chi connectivity index (χ2v) is 10.5. The average Bonchev–Trinajstić information content (AvgIpc) is 3.32. The van der Waals surface area contributed by atoms with E-state index in [1.807, 2.05) is 30.3 Å². The third-order valence-electron chi connectivity index (χ3n) is 6.07. The van der Waals surface area contributed by atoms with Gasteiger partial charge in [-0.15, -0.1) is 0 Å². The van der Waals surface area contributed by atoms with Gasteiger partial charge in [0.15, 0.2) is 5.78 Å². The van der Waals surface area contributed by atoms with Crippen LogP contribution in [0.3, 0.4) is 0 Å². The van der Waals surface area contributed by atoms with Crippen LogP contribution in [0.4, 0.5) is 11.4 Å². The number of aromatic carboxylic acids is 1. The van der Waals surface area contributed by atoms with Gasteiger partial charge in [0.1, 0.15) is 0 Å². The molecule has 188 valence electrons. The fraction of sp³-hybridized carbons (Fsp3) is 0.115. The van der Waals surface area contributed by atoms with Crippen LogP contribution in [0, 0.1) is 0 Å². The number of sulfonamides is 1. The number of carboxylic acids is 1. The Morgan fingerprint density at radius 1 is 1.03 bits per heavy atom. The zero-order valence-corrected chi connectivity index (χ0v) is 20.8. The monoisotopic (exact) mass is 535 g/mol. The lowest BCUT2D eigenvalue weighted by atomic mass is 9.91. The van der Waals surface area contributed by atoms with Crippen molar-refractivity contribution in [2.75, 3.05) is 10.0 Å². The molecule has 1 aliphatic rings. The summed E-state index contributed by atoms with van der Waals surface area (Å²) < 4.78 is 30.2. The van der Waals surface area contributed by atoms with Crippen LogP contribution < -0.4 is 15.1 Å². The maximum absolute atomic E-state index is 13.3. The van der Waals surface area contributed by atoms with Gasteiger partial charge in [-0.3, -0.25) is 9.52 Å². The Balaban J connectivity index is 1.44. The van der Waals surface area contributed by atoms with Crippen LogP contribution in [0.2, 0.25) is 5.02 Å². The van der Waals surface area contributed by atoms with Crippen LogP contribution >= 0.6 is 11.6 Å². The molecule has 2 N–H and O–H groups in total. The van der Waals surface area contributed by atoms with Crippen molar-refractivity contribution in [3.8, 4) is 5.69 Å². The molecule has 11 heteroatoms. The van der Waals surface area contributed by atoms with E-state index in [-0.39, 0.29) is 17.2 Å². The number of Topliss-reactive ketones (excluding diaryl/α,β-unsaturated/α-hetero) is 1. The molecule has 1 unspecified atom stereocenters. The number of benzene rings is 3. The van der Waals surface area contributed by atoms with Crippen LogP contribution in [0.15, 0.2) is 83.9 Å². The number of fused-ring (bicyclic) bond motifs is 1. The maximum Gasteiger partial charge on any atom is 0.262 e. The molecule has 0 amide bonds. The normalized spacial score (nSPS) is 15.2. The van der Waals surface area contributed by atoms with E-state index in [1.165, 1.54) is 48.7 Å². The fourth-order valence-electron chi connectivity index (χ4n) is 4.35. The molecule has 1 aromatic heterocycles. The second-order valence-electron chi connectivity index (χ2n) is 8.43. The summed E-state index contributed by atoms with van der Waals surface area (Å²) in [7, 11) is -4.31. The number of aromatic nitrogens is 2. The van der Waals surface area contributed by atoms with Gasteiger partial charge in [0, 0.05) is 22.0 Å². The smallest absolute Gasteiger partial charge is 0.262 e. The number of rotatable bonds is 7. The maximum atomic E-state index is 13.3. The molecule has 0 fully saturated rings. The molecule has 0 spiro atoms. The second kappa shape index (κ2) is 9.72. The zero-order chi connectivity index (χ0) is 26.2. The minimum absolute atomic E-state index is 0.0313. The van der Waals surface area contributed by atoms with Crippen molar-refractivity contribution < 1.29 is 23.1 Å². The predicted octanol–water partition coefficient (Wildman–Crippen LogP) is 3.30. The van der Waals surface area contributed by atoms with Gasteiger partial charge in [-0.1, -0.05) is 35.9 Å². The zero-order valence-electron chi connectivity index (χ0n) is 19.2. The van der Waals surface area contributed by atoms with E-state index in [0.29, 0.717) is 23.4 Å². The number of hydrogen-bond donors (Lipinski definition) is 2. The van der Waals surface area contributed by atoms with Crippen molar-refractivity contribution in [3.05, 3.63) is 101 Å². The topological polar surface area (TPSA) is 133 Å². The number of carbonyl (C=O) groups excluding carboxylic acids is 2. The molecule has 9 nitrogen and oxygen atoms in total. The van der Waals surface area contributed by atoms with Gasteiger partial charge in [0.05, 0.1) is 40.0 Å². The van der Waals surface area contributed by atoms with Crippen LogP contribution in [0.1, 0.15) is 32.8 Å². The van der Waals surface area contributed by atoms with E-state index in [9.17, 15) is 23.1 Å². The van der Waals surface area contributed by atoms with Crippen molar-refractivity contribution in [3.63, 3.8) is 0 Å². The molecule has 0 saturated carbocycles. The highest BCUT2D eigenvalue weighted by atomic mass is 35.5. The van der Waals surface area contributed by atoms with Crippen molar-refractivity contribution in [2.24, 2.45) is 0 Å². The highest BCUT2D eigenvalue weighted by Crippen LogP contribution is 2.30. The van der Waals surface area contributed by atoms with Gasteiger partial charge < -0.3 is 15.2 Å². The molecule has 1 atom stereocenters. The van der Waals surface area contributed by atoms with Crippen molar-refractivity contribution in [2.45, 2.75) is 23.8 Å². The molecule has 3 aromatic carbocycles. The SMILES string of the molecule is O=C([O-])c1c(NC2CCc3c(cnn3-c3ccccc3)C2=O)cccc1S(=O)(=O)Nc1ccc(Cl)cc1. The van der Waals surface area contributed by atoms with Gasteiger partial charge in [-0.2, -0.15) is 5.10 Å². The number of halogens is 1. The lowest BCUT2D eigenvalue weighted by Crippen LogP contribution is -2.36. The lowest BCUT2D eigenvalue weighted by Gasteiger charge is -2.26. The molecule has 0 bridgehead atoms. The largest absolute Gasteiger partial charge is 0.545 e. The molecular weight excluding hydrogens is 516 g/mol. The number of hydrogen-bond acceptors (Lipinski definition) is 7. The van der Waals surface area contributed by atoms with Crippen molar-refractivity contribution in [1.82, 2.24) is 9.78 Å². The third kappa shape index (κ3) is 4.81. The average molecular weight is 536 g/mol. The predicted molar refractivity (Wildman–Crippen MR) is 137 cm³/mol. The Hall–Kier alpha value is -4.15. The number of ketones is 1. The first-order valence-corrected chi connectivity index (χ1v) is 13.2. The summed E-state index contributed by atoms with van der Waals surface area (Å²) >= 11 is 5.85.